The molecular formula is C17H15ClN2. The molecule has 0 unspecified atom stereocenters. The molecule has 0 spiro atoms. The lowest BCUT2D eigenvalue weighted by Gasteiger charge is -2.08. The highest BCUT2D eigenvalue weighted by Gasteiger charge is 2.08. The maximum atomic E-state index is 5.95. The summed E-state index contributed by atoms with van der Waals surface area (Å²) in [5.41, 5.74) is 3.37. The first-order valence-electron chi connectivity index (χ1n) is 6.56. The van der Waals surface area contributed by atoms with E-state index in [0.717, 1.165) is 28.6 Å². The maximum Gasteiger partial charge on any atom is 0.140 e. The van der Waals surface area contributed by atoms with Gasteiger partial charge in [-0.2, -0.15) is 0 Å². The quantitative estimate of drug-likeness (QED) is 0.688. The number of nitrogens with zero attached hydrogens (tertiary/aromatic N) is 2. The van der Waals surface area contributed by atoms with Crippen molar-refractivity contribution in [2.24, 2.45) is 0 Å². The lowest BCUT2D eigenvalue weighted by Crippen LogP contribution is -2.00. The van der Waals surface area contributed by atoms with Gasteiger partial charge < -0.3 is 4.57 Å². The Labute approximate surface area is 123 Å². The van der Waals surface area contributed by atoms with Crippen molar-refractivity contribution < 1.29 is 0 Å². The second kappa shape index (κ2) is 5.51. The summed E-state index contributed by atoms with van der Waals surface area (Å²) >= 11 is 5.95. The molecule has 0 saturated heterocycles. The van der Waals surface area contributed by atoms with Gasteiger partial charge in [-0.15, -0.1) is 0 Å². The van der Waals surface area contributed by atoms with Crippen molar-refractivity contribution in [3.63, 3.8) is 0 Å². The minimum Gasteiger partial charge on any atom is -0.326 e. The maximum absolute atomic E-state index is 5.95. The molecule has 0 amide bonds. The van der Waals surface area contributed by atoms with Crippen LogP contribution < -0.4 is 0 Å². The fourth-order valence-corrected chi connectivity index (χ4v) is 2.40. The Kier molecular flexibility index (Phi) is 3.57. The molecule has 1 heterocycles. The molecule has 0 aliphatic carbocycles. The smallest absolute Gasteiger partial charge is 0.140 e. The molecule has 0 bridgehead atoms. The van der Waals surface area contributed by atoms with E-state index in [4.69, 9.17) is 11.6 Å². The number of imidazole rings is 1. The predicted octanol–water partition coefficient (Wildman–Crippen LogP) is 4.56. The number of rotatable bonds is 3. The van der Waals surface area contributed by atoms with E-state index in [0.29, 0.717) is 0 Å². The van der Waals surface area contributed by atoms with Crippen molar-refractivity contribution in [3.05, 3.63) is 77.1 Å². The molecule has 3 rings (SSSR count). The van der Waals surface area contributed by atoms with Crippen molar-refractivity contribution in [2.75, 3.05) is 0 Å². The molecule has 0 atom stereocenters. The lowest BCUT2D eigenvalue weighted by atomic mass is 10.2. The van der Waals surface area contributed by atoms with Crippen LogP contribution in [0.15, 0.2) is 60.8 Å². The second-order valence-electron chi connectivity index (χ2n) is 4.83. The number of hydrogen-bond acceptors (Lipinski definition) is 1. The Morgan fingerprint density at radius 1 is 1.00 bits per heavy atom. The summed E-state index contributed by atoms with van der Waals surface area (Å²) in [5.74, 6) is 0.975. The minimum atomic E-state index is 0.742. The average molecular weight is 283 g/mol. The molecule has 0 saturated carbocycles. The Morgan fingerprint density at radius 3 is 2.40 bits per heavy atom. The van der Waals surface area contributed by atoms with Gasteiger partial charge in [0.05, 0.1) is 5.69 Å². The third kappa shape index (κ3) is 2.75. The van der Waals surface area contributed by atoms with Crippen LogP contribution in [0.5, 0.6) is 0 Å². The standard InChI is InChI=1S/C17H15ClN2/c1-13-11-20(12-14-5-3-2-4-6-14)17(19-13)15-7-9-16(18)10-8-15/h2-11H,12H2,1H3. The normalized spacial score (nSPS) is 10.7. The van der Waals surface area contributed by atoms with Crippen LogP contribution in [0.2, 0.25) is 5.02 Å². The molecule has 20 heavy (non-hydrogen) atoms. The summed E-state index contributed by atoms with van der Waals surface area (Å²) in [4.78, 5) is 4.63. The third-order valence-electron chi connectivity index (χ3n) is 3.20. The predicted molar refractivity (Wildman–Crippen MR) is 83.0 cm³/mol. The van der Waals surface area contributed by atoms with Crippen LogP contribution in [0.25, 0.3) is 11.4 Å². The van der Waals surface area contributed by atoms with Gasteiger partial charge in [-0.3, -0.25) is 0 Å². The second-order valence-corrected chi connectivity index (χ2v) is 5.26. The minimum absolute atomic E-state index is 0.742. The van der Waals surface area contributed by atoms with Crippen LogP contribution >= 0.6 is 11.6 Å². The van der Waals surface area contributed by atoms with E-state index in [-0.39, 0.29) is 0 Å². The largest absolute Gasteiger partial charge is 0.326 e. The fraction of sp³-hybridized carbons (Fsp3) is 0.118. The molecule has 100 valence electrons. The Morgan fingerprint density at radius 2 is 1.70 bits per heavy atom. The average Bonchev–Trinajstić information content (AvgIpc) is 2.81. The van der Waals surface area contributed by atoms with Gasteiger partial charge in [0.25, 0.3) is 0 Å². The van der Waals surface area contributed by atoms with Crippen molar-refractivity contribution in [1.29, 1.82) is 0 Å². The number of benzene rings is 2. The lowest BCUT2D eigenvalue weighted by molar-refractivity contribution is 0.806. The third-order valence-corrected chi connectivity index (χ3v) is 3.45. The summed E-state index contributed by atoms with van der Waals surface area (Å²) in [6.45, 7) is 2.83. The first-order valence-corrected chi connectivity index (χ1v) is 6.94. The van der Waals surface area contributed by atoms with Crippen molar-refractivity contribution >= 4 is 11.6 Å². The van der Waals surface area contributed by atoms with Crippen molar-refractivity contribution in [3.8, 4) is 11.4 Å². The van der Waals surface area contributed by atoms with Gasteiger partial charge >= 0.3 is 0 Å². The Balaban J connectivity index is 1.98. The molecule has 0 fully saturated rings. The van der Waals surface area contributed by atoms with E-state index in [1.54, 1.807) is 0 Å². The van der Waals surface area contributed by atoms with E-state index in [1.165, 1.54) is 5.56 Å². The zero-order chi connectivity index (χ0) is 13.9. The molecule has 0 aliphatic heterocycles. The van der Waals surface area contributed by atoms with Crippen molar-refractivity contribution in [1.82, 2.24) is 9.55 Å². The molecule has 0 aliphatic rings. The Bertz CT molecular complexity index is 700. The van der Waals surface area contributed by atoms with E-state index < -0.39 is 0 Å². The zero-order valence-corrected chi connectivity index (χ0v) is 12.0. The number of aryl methyl sites for hydroxylation is 1. The monoisotopic (exact) mass is 282 g/mol. The highest BCUT2D eigenvalue weighted by Crippen LogP contribution is 2.22. The zero-order valence-electron chi connectivity index (χ0n) is 11.3. The van der Waals surface area contributed by atoms with Crippen LogP contribution in [0, 0.1) is 6.92 Å². The van der Waals surface area contributed by atoms with E-state index >= 15 is 0 Å². The summed E-state index contributed by atoms with van der Waals surface area (Å²) in [7, 11) is 0. The number of hydrogen-bond donors (Lipinski definition) is 0. The van der Waals surface area contributed by atoms with Gasteiger partial charge in [0, 0.05) is 23.3 Å². The van der Waals surface area contributed by atoms with Gasteiger partial charge in [0.15, 0.2) is 0 Å². The SMILES string of the molecule is Cc1cn(Cc2ccccc2)c(-c2ccc(Cl)cc2)n1. The number of aromatic nitrogens is 2. The summed E-state index contributed by atoms with van der Waals surface area (Å²) in [6.07, 6.45) is 2.08. The topological polar surface area (TPSA) is 17.8 Å². The number of halogens is 1. The van der Waals surface area contributed by atoms with E-state index in [1.807, 2.05) is 37.3 Å². The molecule has 2 aromatic carbocycles. The van der Waals surface area contributed by atoms with Crippen LogP contribution in [0.1, 0.15) is 11.3 Å². The van der Waals surface area contributed by atoms with Gasteiger partial charge in [-0.25, -0.2) is 4.98 Å². The van der Waals surface area contributed by atoms with Crippen LogP contribution in [0.4, 0.5) is 0 Å². The molecular weight excluding hydrogens is 268 g/mol. The van der Waals surface area contributed by atoms with E-state index in [2.05, 4.69) is 40.0 Å². The van der Waals surface area contributed by atoms with Gasteiger partial charge in [-0.1, -0.05) is 41.9 Å². The molecule has 0 N–H and O–H groups in total. The van der Waals surface area contributed by atoms with Gasteiger partial charge in [0.2, 0.25) is 0 Å². The van der Waals surface area contributed by atoms with Crippen LogP contribution in [-0.2, 0) is 6.54 Å². The van der Waals surface area contributed by atoms with Gasteiger partial charge in [0.1, 0.15) is 5.82 Å². The van der Waals surface area contributed by atoms with Crippen LogP contribution in [0.3, 0.4) is 0 Å². The summed E-state index contributed by atoms with van der Waals surface area (Å²) in [6, 6.07) is 18.2. The summed E-state index contributed by atoms with van der Waals surface area (Å²) in [5, 5.41) is 0.742. The Hall–Kier alpha value is -2.06. The van der Waals surface area contributed by atoms with Gasteiger partial charge in [-0.05, 0) is 36.8 Å². The van der Waals surface area contributed by atoms with Crippen molar-refractivity contribution in [2.45, 2.75) is 13.5 Å². The van der Waals surface area contributed by atoms with E-state index in [9.17, 15) is 0 Å². The molecule has 1 aromatic heterocycles. The fourth-order valence-electron chi connectivity index (χ4n) is 2.28. The van der Waals surface area contributed by atoms with Crippen LogP contribution in [-0.4, -0.2) is 9.55 Å². The highest BCUT2D eigenvalue weighted by atomic mass is 35.5. The highest BCUT2D eigenvalue weighted by molar-refractivity contribution is 6.30. The molecule has 3 aromatic rings. The molecule has 2 nitrogen and oxygen atoms in total. The summed E-state index contributed by atoms with van der Waals surface area (Å²) < 4.78 is 2.17. The molecule has 3 heteroatoms. The molecule has 0 radical (unpaired) electrons. The first-order chi connectivity index (χ1) is 9.72. The first kappa shape index (κ1) is 12.9.